The lowest BCUT2D eigenvalue weighted by Gasteiger charge is -2.32. The van der Waals surface area contributed by atoms with Crippen molar-refractivity contribution in [1.29, 1.82) is 0 Å². The summed E-state index contributed by atoms with van der Waals surface area (Å²) in [6.07, 6.45) is 2.02. The highest BCUT2D eigenvalue weighted by molar-refractivity contribution is 6.24. The van der Waals surface area contributed by atoms with E-state index >= 15 is 0 Å². The van der Waals surface area contributed by atoms with Crippen LogP contribution in [0.5, 0.6) is 0 Å². The number of nitrogens with one attached hydrogen (secondary N) is 1. The third kappa shape index (κ3) is 3.43. The molecule has 2 fully saturated rings. The zero-order valence-corrected chi connectivity index (χ0v) is 19.1. The number of hydrogen-bond donors (Lipinski definition) is 1. The summed E-state index contributed by atoms with van der Waals surface area (Å²) in [5.74, 6) is -2.59. The van der Waals surface area contributed by atoms with Gasteiger partial charge in [0.25, 0.3) is 0 Å². The molecular weight excluding hydrogens is 404 g/mol. The number of fused-ring (bicyclic) bond motifs is 1. The van der Waals surface area contributed by atoms with Gasteiger partial charge in [-0.05, 0) is 38.0 Å². The Morgan fingerprint density at radius 3 is 2.16 bits per heavy atom. The van der Waals surface area contributed by atoms with Gasteiger partial charge in [0.05, 0.1) is 24.6 Å². The number of carbonyl (C=O) groups excluding carboxylic acids is 3. The van der Waals surface area contributed by atoms with E-state index in [1.165, 1.54) is 12.0 Å². The molecule has 1 N–H and O–H groups in total. The molecule has 0 aromatic heterocycles. The first-order valence-electron chi connectivity index (χ1n) is 11.2. The predicted molar refractivity (Wildman–Crippen MR) is 122 cm³/mol. The van der Waals surface area contributed by atoms with E-state index in [1.54, 1.807) is 12.1 Å². The van der Waals surface area contributed by atoms with Crippen LogP contribution < -0.4 is 10.2 Å². The quantitative estimate of drug-likeness (QED) is 0.552. The summed E-state index contributed by atoms with van der Waals surface area (Å²) in [5.41, 5.74) is 2.33. The van der Waals surface area contributed by atoms with Gasteiger partial charge in [0, 0.05) is 6.04 Å². The molecule has 168 valence electrons. The molecule has 6 heteroatoms. The fraction of sp³-hybridized carbons (Fsp3) is 0.423. The summed E-state index contributed by atoms with van der Waals surface area (Å²) in [6.45, 7) is 5.99. The van der Waals surface area contributed by atoms with Crippen molar-refractivity contribution in [1.82, 2.24) is 5.32 Å². The van der Waals surface area contributed by atoms with Gasteiger partial charge >= 0.3 is 5.97 Å². The van der Waals surface area contributed by atoms with Gasteiger partial charge in [-0.25, -0.2) is 4.90 Å². The van der Waals surface area contributed by atoms with Gasteiger partial charge in [-0.1, -0.05) is 67.3 Å². The second-order valence-corrected chi connectivity index (χ2v) is 8.95. The van der Waals surface area contributed by atoms with Crippen molar-refractivity contribution in [3.8, 4) is 0 Å². The predicted octanol–water partition coefficient (Wildman–Crippen LogP) is 3.86. The van der Waals surface area contributed by atoms with Crippen LogP contribution in [0.4, 0.5) is 5.69 Å². The molecule has 2 amide bonds. The second-order valence-electron chi connectivity index (χ2n) is 8.95. The van der Waals surface area contributed by atoms with Crippen LogP contribution in [0.15, 0.2) is 48.5 Å². The summed E-state index contributed by atoms with van der Waals surface area (Å²) < 4.78 is 5.20. The molecule has 0 spiro atoms. The lowest BCUT2D eigenvalue weighted by molar-refractivity contribution is -0.152. The molecule has 2 aliphatic rings. The first-order chi connectivity index (χ1) is 15.3. The van der Waals surface area contributed by atoms with Crippen molar-refractivity contribution in [2.45, 2.75) is 51.6 Å². The molecule has 2 heterocycles. The smallest absolute Gasteiger partial charge is 0.326 e. The molecule has 6 nitrogen and oxygen atoms in total. The van der Waals surface area contributed by atoms with Crippen LogP contribution in [0, 0.1) is 25.7 Å². The number of esters is 1. The zero-order chi connectivity index (χ0) is 23.0. The second kappa shape index (κ2) is 8.51. The van der Waals surface area contributed by atoms with Crippen molar-refractivity contribution < 1.29 is 19.1 Å². The van der Waals surface area contributed by atoms with Crippen LogP contribution in [0.3, 0.4) is 0 Å². The third-order valence-corrected chi connectivity index (χ3v) is 6.86. The molecule has 0 bridgehead atoms. The number of benzene rings is 2. The lowest BCUT2D eigenvalue weighted by atomic mass is 9.76. The molecule has 2 aromatic rings. The van der Waals surface area contributed by atoms with Gasteiger partial charge in [-0.2, -0.15) is 0 Å². The minimum Gasteiger partial charge on any atom is -0.468 e. The summed E-state index contributed by atoms with van der Waals surface area (Å²) >= 11 is 0. The van der Waals surface area contributed by atoms with Crippen LogP contribution in [-0.4, -0.2) is 30.4 Å². The van der Waals surface area contributed by atoms with Crippen LogP contribution in [0.25, 0.3) is 0 Å². The van der Waals surface area contributed by atoms with E-state index in [0.29, 0.717) is 12.1 Å². The average Bonchev–Trinajstić information content (AvgIpc) is 3.27. The highest BCUT2D eigenvalue weighted by Crippen LogP contribution is 2.51. The molecule has 2 aliphatic heterocycles. The molecule has 4 rings (SSSR count). The number of methoxy groups -OCH3 is 1. The highest BCUT2D eigenvalue weighted by atomic mass is 16.5. The Balaban J connectivity index is 1.85. The third-order valence-electron chi connectivity index (χ3n) is 6.86. The standard InChI is InChI=1S/C26H30N2O4/c1-5-6-15-26(25(31)32-4)21-20(22(27-26)18-11-7-16(2)8-12-18)23(29)28(24(21)30)19-13-9-17(3)10-14-19/h7-14,20-22,27H,5-6,15H2,1-4H3/t20-,21-,22+,26-/m0/s1. The topological polar surface area (TPSA) is 75.7 Å². The van der Waals surface area contributed by atoms with Gasteiger partial charge < -0.3 is 4.74 Å². The molecule has 0 saturated carbocycles. The van der Waals surface area contributed by atoms with Crippen molar-refractivity contribution in [2.24, 2.45) is 11.8 Å². The van der Waals surface area contributed by atoms with Gasteiger partial charge in [0.15, 0.2) is 0 Å². The maximum atomic E-state index is 13.8. The SMILES string of the molecule is CCCC[C@]1(C(=O)OC)N[C@H](c2ccc(C)cc2)[C@H]2C(=O)N(c3ccc(C)cc3)C(=O)[C@H]21. The molecule has 32 heavy (non-hydrogen) atoms. The number of hydrogen-bond acceptors (Lipinski definition) is 5. The Hall–Kier alpha value is -2.99. The molecule has 0 aliphatic carbocycles. The van der Waals surface area contributed by atoms with Crippen LogP contribution >= 0.6 is 0 Å². The molecular formula is C26H30N2O4. The van der Waals surface area contributed by atoms with Gasteiger partial charge in [-0.3, -0.25) is 19.7 Å². The molecule has 2 aromatic carbocycles. The van der Waals surface area contributed by atoms with Crippen molar-refractivity contribution in [3.05, 3.63) is 65.2 Å². The number of ether oxygens (including phenoxy) is 1. The molecule has 2 saturated heterocycles. The normalized spacial score (nSPS) is 27.0. The van der Waals surface area contributed by atoms with E-state index in [1.807, 2.05) is 57.2 Å². The summed E-state index contributed by atoms with van der Waals surface area (Å²) in [6, 6.07) is 14.8. The number of carbonyl (C=O) groups is 3. The Labute approximate surface area is 188 Å². The van der Waals surface area contributed by atoms with E-state index in [-0.39, 0.29) is 11.8 Å². The number of unbranched alkanes of at least 4 members (excludes halogenated alkanes) is 1. The zero-order valence-electron chi connectivity index (χ0n) is 19.1. The maximum absolute atomic E-state index is 13.8. The molecule has 0 radical (unpaired) electrons. The van der Waals surface area contributed by atoms with E-state index in [4.69, 9.17) is 4.74 Å². The van der Waals surface area contributed by atoms with Crippen LogP contribution in [0.1, 0.15) is 48.9 Å². The number of aryl methyl sites for hydroxylation is 2. The Morgan fingerprint density at radius 2 is 1.59 bits per heavy atom. The minimum absolute atomic E-state index is 0.274. The Bertz CT molecular complexity index is 1030. The summed E-state index contributed by atoms with van der Waals surface area (Å²) in [4.78, 5) is 41.9. The minimum atomic E-state index is -1.24. The van der Waals surface area contributed by atoms with Crippen molar-refractivity contribution in [3.63, 3.8) is 0 Å². The van der Waals surface area contributed by atoms with Gasteiger partial charge in [0.2, 0.25) is 11.8 Å². The largest absolute Gasteiger partial charge is 0.468 e. The first-order valence-corrected chi connectivity index (χ1v) is 11.2. The van der Waals surface area contributed by atoms with Crippen LogP contribution in [-0.2, 0) is 19.1 Å². The maximum Gasteiger partial charge on any atom is 0.326 e. The Kier molecular flexibility index (Phi) is 5.91. The van der Waals surface area contributed by atoms with E-state index < -0.39 is 29.4 Å². The number of anilines is 1. The van der Waals surface area contributed by atoms with E-state index in [0.717, 1.165) is 29.5 Å². The van der Waals surface area contributed by atoms with E-state index in [2.05, 4.69) is 5.32 Å². The van der Waals surface area contributed by atoms with Gasteiger partial charge in [0.1, 0.15) is 5.54 Å². The molecule has 4 atom stereocenters. The number of rotatable bonds is 6. The van der Waals surface area contributed by atoms with Crippen LogP contribution in [0.2, 0.25) is 0 Å². The molecule has 0 unspecified atom stereocenters. The monoisotopic (exact) mass is 434 g/mol. The van der Waals surface area contributed by atoms with Crippen molar-refractivity contribution in [2.75, 3.05) is 12.0 Å². The van der Waals surface area contributed by atoms with Gasteiger partial charge in [-0.15, -0.1) is 0 Å². The number of nitrogens with zero attached hydrogens (tertiary/aromatic N) is 1. The number of amides is 2. The van der Waals surface area contributed by atoms with Crippen molar-refractivity contribution >= 4 is 23.5 Å². The average molecular weight is 435 g/mol. The lowest BCUT2D eigenvalue weighted by Crippen LogP contribution is -2.56. The van der Waals surface area contributed by atoms with E-state index in [9.17, 15) is 14.4 Å². The number of imide groups is 1. The summed E-state index contributed by atoms with van der Waals surface area (Å²) in [7, 11) is 1.34. The summed E-state index contributed by atoms with van der Waals surface area (Å²) in [5, 5.41) is 3.43. The highest BCUT2D eigenvalue weighted by Gasteiger charge is 2.68. The fourth-order valence-electron chi connectivity index (χ4n) is 5.17. The first kappa shape index (κ1) is 22.2. The Morgan fingerprint density at radius 1 is 1.00 bits per heavy atom. The fourth-order valence-corrected chi connectivity index (χ4v) is 5.17.